The van der Waals surface area contributed by atoms with E-state index in [1.54, 1.807) is 0 Å². The topological polar surface area (TPSA) is 25.5 Å². The van der Waals surface area contributed by atoms with Crippen LogP contribution in [0.5, 0.6) is 0 Å². The van der Waals surface area contributed by atoms with Gasteiger partial charge in [-0.05, 0) is 143 Å². The van der Waals surface area contributed by atoms with Crippen LogP contribution in [0.4, 0.5) is 17.1 Å². The summed E-state index contributed by atoms with van der Waals surface area (Å²) in [6.07, 6.45) is 0. The van der Waals surface area contributed by atoms with Crippen molar-refractivity contribution >= 4 is 66.5 Å². The molecule has 0 aliphatic heterocycles. The number of aromatic nitrogens is 3. The van der Waals surface area contributed by atoms with Gasteiger partial charge >= 0.3 is 0 Å². The van der Waals surface area contributed by atoms with Crippen LogP contribution in [0.25, 0.3) is 111 Å². The Balaban J connectivity index is 0.791. The van der Waals surface area contributed by atoms with E-state index in [2.05, 4.69) is 307 Å². The van der Waals surface area contributed by atoms with Crippen molar-refractivity contribution in [3.8, 4) is 61.3 Å². The average molecular weight is 1060 g/mol. The van der Waals surface area contributed by atoms with Crippen molar-refractivity contribution in [2.24, 2.45) is 0 Å². The molecule has 0 radical (unpaired) electrons. The Bertz CT molecular complexity index is 5200. The molecule has 0 unspecified atom stereocenters. The van der Waals surface area contributed by atoms with Crippen LogP contribution in [-0.4, -0.2) is 14.0 Å². The smallest absolute Gasteiger partial charge is 0.151 e. The van der Waals surface area contributed by atoms with Crippen molar-refractivity contribution in [2.75, 3.05) is 4.90 Å². The van der Waals surface area contributed by atoms with E-state index < -0.39 is 5.41 Å². The van der Waals surface area contributed by atoms with Gasteiger partial charge in [0, 0.05) is 44.2 Å². The van der Waals surface area contributed by atoms with Crippen LogP contribution >= 0.6 is 0 Å². The molecule has 83 heavy (non-hydrogen) atoms. The van der Waals surface area contributed by atoms with Gasteiger partial charge in [-0.3, -0.25) is 8.97 Å². The van der Waals surface area contributed by atoms with Gasteiger partial charge in [0.25, 0.3) is 0 Å². The first-order chi connectivity index (χ1) is 41.0. The van der Waals surface area contributed by atoms with Crippen molar-refractivity contribution in [2.45, 2.75) is 24.7 Å². The summed E-state index contributed by atoms with van der Waals surface area (Å²) in [7, 11) is 0. The number of anilines is 3. The summed E-state index contributed by atoms with van der Waals surface area (Å²) < 4.78 is 4.77. The number of rotatable bonds is 6. The van der Waals surface area contributed by atoms with Gasteiger partial charge in [-0.25, -0.2) is 4.98 Å². The summed E-state index contributed by atoms with van der Waals surface area (Å²) >= 11 is 0. The summed E-state index contributed by atoms with van der Waals surface area (Å²) in [5.74, 6) is 0. The molecule has 388 valence electrons. The zero-order valence-electron chi connectivity index (χ0n) is 45.8. The molecule has 0 bridgehead atoms. The molecule has 0 N–H and O–H groups in total. The van der Waals surface area contributed by atoms with Gasteiger partial charge in [-0.1, -0.05) is 238 Å². The highest BCUT2D eigenvalue weighted by Gasteiger charge is 2.52. The van der Waals surface area contributed by atoms with Crippen LogP contribution in [0.3, 0.4) is 0 Å². The molecular formula is C79H52N4. The molecule has 18 rings (SSSR count). The van der Waals surface area contributed by atoms with Crippen molar-refractivity contribution in [3.05, 3.63) is 312 Å². The molecular weight excluding hydrogens is 1000 g/mol. The Labute approximate surface area is 481 Å². The minimum absolute atomic E-state index is 0.179. The third-order valence-electron chi connectivity index (χ3n) is 18.9. The zero-order valence-corrected chi connectivity index (χ0v) is 45.8. The van der Waals surface area contributed by atoms with E-state index in [-0.39, 0.29) is 5.41 Å². The van der Waals surface area contributed by atoms with Crippen molar-refractivity contribution in [3.63, 3.8) is 0 Å². The van der Waals surface area contributed by atoms with Crippen LogP contribution in [0.1, 0.15) is 47.2 Å². The molecule has 0 amide bonds. The zero-order chi connectivity index (χ0) is 54.7. The molecule has 4 heteroatoms. The lowest BCUT2D eigenvalue weighted by Gasteiger charge is -2.31. The Morgan fingerprint density at radius 1 is 0.349 bits per heavy atom. The predicted molar refractivity (Wildman–Crippen MR) is 344 cm³/mol. The van der Waals surface area contributed by atoms with Crippen LogP contribution in [-0.2, 0) is 10.8 Å². The summed E-state index contributed by atoms with van der Waals surface area (Å²) in [5, 5.41) is 4.71. The summed E-state index contributed by atoms with van der Waals surface area (Å²) in [4.78, 5) is 7.95. The second-order valence-corrected chi connectivity index (χ2v) is 23.3. The highest BCUT2D eigenvalue weighted by Crippen LogP contribution is 2.64. The fourth-order valence-electron chi connectivity index (χ4n) is 15.4. The molecule has 0 saturated heterocycles. The van der Waals surface area contributed by atoms with Gasteiger partial charge in [0.2, 0.25) is 0 Å². The third kappa shape index (κ3) is 6.16. The SMILES string of the molecule is CC1(C)c2ccccc2-c2ccc(N(c3ccc(-c4ccc(-n5c6ccccc6c6nc7c8ccccc8c8ccccc8n7c65)cc4)cc3)c3ccccc3-c3cccc4c3-c3ccccc3C43c4ccccc4-c4ccccc43)cc21. The van der Waals surface area contributed by atoms with Gasteiger partial charge in [-0.15, -0.1) is 0 Å². The van der Waals surface area contributed by atoms with E-state index >= 15 is 0 Å². The number of pyridine rings is 1. The molecule has 0 saturated carbocycles. The van der Waals surface area contributed by atoms with E-state index in [9.17, 15) is 0 Å². The molecule has 15 aromatic rings. The monoisotopic (exact) mass is 1060 g/mol. The van der Waals surface area contributed by atoms with Crippen molar-refractivity contribution < 1.29 is 0 Å². The minimum atomic E-state index is -0.446. The maximum Gasteiger partial charge on any atom is 0.151 e. The van der Waals surface area contributed by atoms with Crippen LogP contribution in [0.15, 0.2) is 279 Å². The Hall–Kier alpha value is -10.6. The maximum absolute atomic E-state index is 5.45. The van der Waals surface area contributed by atoms with Crippen molar-refractivity contribution in [1.82, 2.24) is 14.0 Å². The van der Waals surface area contributed by atoms with E-state index in [0.717, 1.165) is 72.5 Å². The molecule has 3 aliphatic carbocycles. The number of fused-ring (bicyclic) bond motifs is 23. The first kappa shape index (κ1) is 46.2. The number of nitrogens with zero attached hydrogens (tertiary/aromatic N) is 4. The predicted octanol–water partition coefficient (Wildman–Crippen LogP) is 20.2. The summed E-state index contributed by atoms with van der Waals surface area (Å²) in [6.45, 7) is 4.76. The number of hydrogen-bond acceptors (Lipinski definition) is 2. The fraction of sp³-hybridized carbons (Fsp3) is 0.0506. The Morgan fingerprint density at radius 2 is 0.843 bits per heavy atom. The first-order valence-electron chi connectivity index (χ1n) is 29.0. The van der Waals surface area contributed by atoms with Gasteiger partial charge < -0.3 is 4.90 Å². The summed E-state index contributed by atoms with van der Waals surface area (Å²) in [6, 6.07) is 104. The fourth-order valence-corrected chi connectivity index (χ4v) is 15.4. The number of imidazole rings is 1. The van der Waals surface area contributed by atoms with Crippen LogP contribution < -0.4 is 4.90 Å². The molecule has 0 atom stereocenters. The Kier molecular flexibility index (Phi) is 9.47. The molecule has 3 aliphatic rings. The largest absolute Gasteiger partial charge is 0.310 e. The second-order valence-electron chi connectivity index (χ2n) is 23.3. The lowest BCUT2D eigenvalue weighted by molar-refractivity contribution is 0.660. The van der Waals surface area contributed by atoms with Gasteiger partial charge in [-0.2, -0.15) is 0 Å². The number of benzene rings is 12. The molecule has 3 aromatic heterocycles. The average Bonchev–Trinajstić information content (AvgIpc) is 1.60. The third-order valence-corrected chi connectivity index (χ3v) is 18.9. The molecule has 4 nitrogen and oxygen atoms in total. The van der Waals surface area contributed by atoms with Gasteiger partial charge in [0.15, 0.2) is 5.65 Å². The molecule has 1 spiro atoms. The molecule has 12 aromatic carbocycles. The maximum atomic E-state index is 5.45. The van der Waals surface area contributed by atoms with Gasteiger partial charge in [0.05, 0.1) is 22.1 Å². The van der Waals surface area contributed by atoms with E-state index in [1.807, 2.05) is 0 Å². The lowest BCUT2D eigenvalue weighted by atomic mass is 9.70. The highest BCUT2D eigenvalue weighted by atomic mass is 15.2. The van der Waals surface area contributed by atoms with E-state index in [1.165, 1.54) is 88.7 Å². The highest BCUT2D eigenvalue weighted by molar-refractivity contribution is 6.17. The summed E-state index contributed by atoms with van der Waals surface area (Å²) in [5.41, 5.74) is 29.7. The van der Waals surface area contributed by atoms with Gasteiger partial charge in [0.1, 0.15) is 11.2 Å². The second kappa shape index (κ2) is 17.0. The van der Waals surface area contributed by atoms with E-state index in [4.69, 9.17) is 4.98 Å². The molecule has 0 fully saturated rings. The molecule has 3 heterocycles. The van der Waals surface area contributed by atoms with Crippen LogP contribution in [0.2, 0.25) is 0 Å². The lowest BCUT2D eigenvalue weighted by Crippen LogP contribution is -2.25. The normalized spacial score (nSPS) is 13.9. The minimum Gasteiger partial charge on any atom is -0.310 e. The Morgan fingerprint density at radius 3 is 1.55 bits per heavy atom. The number of para-hydroxylation sites is 3. The quantitative estimate of drug-likeness (QED) is 0.155. The first-order valence-corrected chi connectivity index (χ1v) is 29.0. The van der Waals surface area contributed by atoms with E-state index in [0.29, 0.717) is 0 Å². The van der Waals surface area contributed by atoms with Crippen molar-refractivity contribution in [1.29, 1.82) is 0 Å². The van der Waals surface area contributed by atoms with Crippen LogP contribution in [0, 0.1) is 0 Å². The standard InChI is InChI=1S/C79H52N4/c1-78(2)65-30-12-5-21-55(65)58-47-46-53(48-70(58)78)81(71-35-16-10-25-60(71)61-29-19-34-69-74(61)63-27-8-15-33-68(63)79(69)66-31-13-6-22-56(66)57-23-7-14-32-67(57)79)51-42-38-49(39-43-51)50-40-44-52(45-41-50)82-73-37-18-11-28-64(73)75-77(82)83-72-36-17-9-24-59(72)54-20-3-4-26-62(54)76(83)80-75/h3-48H,1-2H3. The number of hydrogen-bond donors (Lipinski definition) is 0.